The third kappa shape index (κ3) is 4.08. The summed E-state index contributed by atoms with van der Waals surface area (Å²) in [4.78, 5) is 11.8. The maximum Gasteiger partial charge on any atom is 0.328 e. The Labute approximate surface area is 103 Å². The van der Waals surface area contributed by atoms with Gasteiger partial charge in [0.25, 0.3) is 0 Å². The Morgan fingerprint density at radius 3 is 2.31 bits per heavy atom. The SMILES string of the molecule is CCCn1ccn(CCCCCCS)c1=O. The molecular formula is C12H22N2OS. The molecule has 0 spiro atoms. The third-order valence-electron chi connectivity index (χ3n) is 2.69. The fourth-order valence-corrected chi connectivity index (χ4v) is 2.01. The number of nitrogens with zero attached hydrogens (tertiary/aromatic N) is 2. The number of rotatable bonds is 8. The van der Waals surface area contributed by atoms with Crippen LogP contribution in [-0.2, 0) is 13.1 Å². The molecule has 1 aromatic heterocycles. The molecule has 0 aliphatic rings. The van der Waals surface area contributed by atoms with Crippen molar-refractivity contribution < 1.29 is 0 Å². The summed E-state index contributed by atoms with van der Waals surface area (Å²) in [5.41, 5.74) is 0.135. The van der Waals surface area contributed by atoms with Gasteiger partial charge in [-0.2, -0.15) is 12.6 Å². The summed E-state index contributed by atoms with van der Waals surface area (Å²) in [6.07, 6.45) is 9.46. The van der Waals surface area contributed by atoms with Gasteiger partial charge in [0.1, 0.15) is 0 Å². The van der Waals surface area contributed by atoms with Crippen molar-refractivity contribution in [3.63, 3.8) is 0 Å². The van der Waals surface area contributed by atoms with Crippen molar-refractivity contribution in [1.82, 2.24) is 9.13 Å². The van der Waals surface area contributed by atoms with Crippen LogP contribution in [0.15, 0.2) is 17.2 Å². The Hall–Kier alpha value is -0.640. The minimum Gasteiger partial charge on any atom is -0.299 e. The highest BCUT2D eigenvalue weighted by Gasteiger charge is 2.01. The van der Waals surface area contributed by atoms with Crippen molar-refractivity contribution in [2.24, 2.45) is 0 Å². The molecule has 0 unspecified atom stereocenters. The number of hydrogen-bond acceptors (Lipinski definition) is 2. The second kappa shape index (κ2) is 7.60. The van der Waals surface area contributed by atoms with E-state index in [2.05, 4.69) is 19.6 Å². The van der Waals surface area contributed by atoms with Gasteiger partial charge < -0.3 is 0 Å². The van der Waals surface area contributed by atoms with Crippen LogP contribution < -0.4 is 5.69 Å². The van der Waals surface area contributed by atoms with Crippen molar-refractivity contribution >= 4 is 12.6 Å². The van der Waals surface area contributed by atoms with Crippen molar-refractivity contribution in [3.05, 3.63) is 22.9 Å². The van der Waals surface area contributed by atoms with E-state index in [4.69, 9.17) is 0 Å². The van der Waals surface area contributed by atoms with E-state index in [9.17, 15) is 4.79 Å². The lowest BCUT2D eigenvalue weighted by atomic mass is 10.2. The van der Waals surface area contributed by atoms with Crippen molar-refractivity contribution in [2.45, 2.75) is 52.1 Å². The van der Waals surface area contributed by atoms with Crippen molar-refractivity contribution in [2.75, 3.05) is 5.75 Å². The van der Waals surface area contributed by atoms with Gasteiger partial charge in [0.2, 0.25) is 0 Å². The number of aryl methyl sites for hydroxylation is 2. The molecule has 4 heteroatoms. The molecule has 0 saturated heterocycles. The maximum atomic E-state index is 11.8. The van der Waals surface area contributed by atoms with Crippen LogP contribution in [0, 0.1) is 0 Å². The van der Waals surface area contributed by atoms with E-state index in [-0.39, 0.29) is 5.69 Å². The van der Waals surface area contributed by atoms with Crippen LogP contribution in [0.1, 0.15) is 39.0 Å². The third-order valence-corrected chi connectivity index (χ3v) is 3.01. The van der Waals surface area contributed by atoms with Crippen LogP contribution in [-0.4, -0.2) is 14.9 Å². The predicted molar refractivity (Wildman–Crippen MR) is 71.3 cm³/mol. The first-order chi connectivity index (χ1) is 7.79. The van der Waals surface area contributed by atoms with E-state index >= 15 is 0 Å². The highest BCUT2D eigenvalue weighted by atomic mass is 32.1. The van der Waals surface area contributed by atoms with E-state index in [1.807, 2.05) is 17.0 Å². The average Bonchev–Trinajstić information content (AvgIpc) is 2.62. The molecule has 16 heavy (non-hydrogen) atoms. The fourth-order valence-electron chi connectivity index (χ4n) is 1.78. The van der Waals surface area contributed by atoms with E-state index in [1.165, 1.54) is 19.3 Å². The molecule has 0 radical (unpaired) electrons. The number of aromatic nitrogens is 2. The zero-order valence-electron chi connectivity index (χ0n) is 10.1. The van der Waals surface area contributed by atoms with E-state index < -0.39 is 0 Å². The normalized spacial score (nSPS) is 10.9. The molecule has 0 saturated carbocycles. The Bertz CT molecular complexity index is 343. The first-order valence-corrected chi connectivity index (χ1v) is 6.79. The van der Waals surface area contributed by atoms with Gasteiger partial charge in [0.15, 0.2) is 0 Å². The molecule has 0 N–H and O–H groups in total. The highest BCUT2D eigenvalue weighted by molar-refractivity contribution is 7.80. The molecule has 1 aromatic rings. The van der Waals surface area contributed by atoms with Gasteiger partial charge in [0, 0.05) is 25.5 Å². The molecule has 92 valence electrons. The Balaban J connectivity index is 2.34. The zero-order chi connectivity index (χ0) is 11.8. The van der Waals surface area contributed by atoms with Crippen LogP contribution in [0.5, 0.6) is 0 Å². The largest absolute Gasteiger partial charge is 0.328 e. The Kier molecular flexibility index (Phi) is 6.38. The monoisotopic (exact) mass is 242 g/mol. The predicted octanol–water partition coefficient (Wildman–Crippen LogP) is 2.55. The van der Waals surface area contributed by atoms with Crippen LogP contribution in [0.25, 0.3) is 0 Å². The van der Waals surface area contributed by atoms with E-state index in [0.29, 0.717) is 0 Å². The molecule has 0 bridgehead atoms. The Morgan fingerprint density at radius 1 is 1.06 bits per heavy atom. The second-order valence-electron chi connectivity index (χ2n) is 4.11. The van der Waals surface area contributed by atoms with Gasteiger partial charge in [-0.1, -0.05) is 19.8 Å². The molecule has 3 nitrogen and oxygen atoms in total. The molecule has 0 atom stereocenters. The van der Waals surface area contributed by atoms with Crippen LogP contribution in [0.2, 0.25) is 0 Å². The van der Waals surface area contributed by atoms with Gasteiger partial charge in [-0.05, 0) is 25.0 Å². The summed E-state index contributed by atoms with van der Waals surface area (Å²) in [7, 11) is 0. The average molecular weight is 242 g/mol. The maximum absolute atomic E-state index is 11.8. The van der Waals surface area contributed by atoms with Gasteiger partial charge in [-0.15, -0.1) is 0 Å². The summed E-state index contributed by atoms with van der Waals surface area (Å²) in [6.45, 7) is 3.76. The summed E-state index contributed by atoms with van der Waals surface area (Å²) >= 11 is 4.18. The van der Waals surface area contributed by atoms with Crippen molar-refractivity contribution in [3.8, 4) is 0 Å². The molecule has 0 amide bonds. The lowest BCUT2D eigenvalue weighted by Crippen LogP contribution is -2.24. The second-order valence-corrected chi connectivity index (χ2v) is 4.55. The molecule has 1 rings (SSSR count). The lowest BCUT2D eigenvalue weighted by Gasteiger charge is -2.01. The van der Waals surface area contributed by atoms with Crippen molar-refractivity contribution in [1.29, 1.82) is 0 Å². The van der Waals surface area contributed by atoms with Crippen LogP contribution >= 0.6 is 12.6 Å². The Morgan fingerprint density at radius 2 is 1.69 bits per heavy atom. The minimum absolute atomic E-state index is 0.135. The molecule has 0 aromatic carbocycles. The molecular weight excluding hydrogens is 220 g/mol. The van der Waals surface area contributed by atoms with Gasteiger partial charge in [-0.3, -0.25) is 9.13 Å². The smallest absolute Gasteiger partial charge is 0.299 e. The molecule has 0 aliphatic heterocycles. The van der Waals surface area contributed by atoms with Gasteiger partial charge in [-0.25, -0.2) is 4.79 Å². The number of unbranched alkanes of at least 4 members (excludes halogenated alkanes) is 3. The fraction of sp³-hybridized carbons (Fsp3) is 0.750. The summed E-state index contributed by atoms with van der Waals surface area (Å²) in [6, 6.07) is 0. The molecule has 0 fully saturated rings. The number of imidazole rings is 1. The topological polar surface area (TPSA) is 26.9 Å². The first-order valence-electron chi connectivity index (χ1n) is 6.16. The minimum atomic E-state index is 0.135. The van der Waals surface area contributed by atoms with Gasteiger partial charge in [0.05, 0.1) is 0 Å². The first kappa shape index (κ1) is 13.4. The quantitative estimate of drug-likeness (QED) is 0.550. The molecule has 0 aliphatic carbocycles. The van der Waals surface area contributed by atoms with Gasteiger partial charge >= 0.3 is 5.69 Å². The number of hydrogen-bond donors (Lipinski definition) is 1. The van der Waals surface area contributed by atoms with E-state index in [1.54, 1.807) is 4.57 Å². The van der Waals surface area contributed by atoms with E-state index in [0.717, 1.165) is 31.7 Å². The lowest BCUT2D eigenvalue weighted by molar-refractivity contribution is 0.552. The summed E-state index contributed by atoms with van der Waals surface area (Å²) in [5.74, 6) is 0.965. The molecule has 1 heterocycles. The summed E-state index contributed by atoms with van der Waals surface area (Å²) in [5, 5.41) is 0. The van der Waals surface area contributed by atoms with Crippen LogP contribution in [0.3, 0.4) is 0 Å². The standard InChI is InChI=1S/C12H22N2OS/c1-2-7-13-9-10-14(12(13)15)8-5-3-4-6-11-16/h9-10,16H,2-8,11H2,1H3. The van der Waals surface area contributed by atoms with Crippen LogP contribution in [0.4, 0.5) is 0 Å². The summed E-state index contributed by atoms with van der Waals surface area (Å²) < 4.78 is 3.60. The number of thiol groups is 1. The highest BCUT2D eigenvalue weighted by Crippen LogP contribution is 2.02. The zero-order valence-corrected chi connectivity index (χ0v) is 11.0.